The highest BCUT2D eigenvalue weighted by molar-refractivity contribution is 6.31. The van der Waals surface area contributed by atoms with E-state index >= 15 is 0 Å². The van der Waals surface area contributed by atoms with Crippen molar-refractivity contribution >= 4 is 17.4 Å². The number of nitrogen functional groups attached to an aromatic ring is 1. The Balaban J connectivity index is 2.66. The van der Waals surface area contributed by atoms with Gasteiger partial charge in [0.2, 0.25) is 0 Å². The van der Waals surface area contributed by atoms with E-state index in [9.17, 15) is 4.79 Å². The van der Waals surface area contributed by atoms with Gasteiger partial charge in [-0.1, -0.05) is 11.6 Å². The fourth-order valence-corrected chi connectivity index (χ4v) is 1.98. The van der Waals surface area contributed by atoms with E-state index in [1.807, 2.05) is 19.9 Å². The Labute approximate surface area is 120 Å². The van der Waals surface area contributed by atoms with E-state index in [1.54, 1.807) is 16.8 Å². The van der Waals surface area contributed by atoms with Crippen molar-refractivity contribution < 1.29 is 0 Å². The van der Waals surface area contributed by atoms with Gasteiger partial charge in [0.05, 0.1) is 0 Å². The smallest absolute Gasteiger partial charge is 0.250 e. The molecular formula is C13H12ClN5O. The molecular weight excluding hydrogens is 278 g/mol. The number of nitrogens with zero attached hydrogens (tertiary/aromatic N) is 4. The fourth-order valence-electron chi connectivity index (χ4n) is 1.74. The maximum atomic E-state index is 11.7. The summed E-state index contributed by atoms with van der Waals surface area (Å²) in [7, 11) is 0. The van der Waals surface area contributed by atoms with Crippen molar-refractivity contribution in [2.75, 3.05) is 5.73 Å². The van der Waals surface area contributed by atoms with Crippen LogP contribution >= 0.6 is 11.6 Å². The first-order valence-corrected chi connectivity index (χ1v) is 6.27. The lowest BCUT2D eigenvalue weighted by Gasteiger charge is -2.12. The molecule has 20 heavy (non-hydrogen) atoms. The second-order valence-corrected chi connectivity index (χ2v) is 4.82. The normalized spacial score (nSPS) is 10.6. The third kappa shape index (κ3) is 2.49. The van der Waals surface area contributed by atoms with Crippen molar-refractivity contribution in [2.45, 2.75) is 19.9 Å². The minimum absolute atomic E-state index is 0.00148. The lowest BCUT2D eigenvalue weighted by molar-refractivity contribution is 0.579. The van der Waals surface area contributed by atoms with Gasteiger partial charge in [-0.3, -0.25) is 4.79 Å². The summed E-state index contributed by atoms with van der Waals surface area (Å²) in [6, 6.07) is 4.87. The number of hydrogen-bond acceptors (Lipinski definition) is 5. The van der Waals surface area contributed by atoms with Crippen LogP contribution in [0.1, 0.15) is 25.6 Å². The van der Waals surface area contributed by atoms with Crippen molar-refractivity contribution in [3.8, 4) is 17.3 Å². The molecule has 2 heterocycles. The molecule has 2 aromatic rings. The van der Waals surface area contributed by atoms with Gasteiger partial charge in [0.25, 0.3) is 5.56 Å². The average molecular weight is 290 g/mol. The lowest BCUT2D eigenvalue weighted by Crippen LogP contribution is -2.20. The van der Waals surface area contributed by atoms with Crippen LogP contribution in [0.5, 0.6) is 0 Å². The van der Waals surface area contributed by atoms with Crippen molar-refractivity contribution in [1.82, 2.24) is 14.5 Å². The summed E-state index contributed by atoms with van der Waals surface area (Å²) in [4.78, 5) is 19.7. The van der Waals surface area contributed by atoms with Gasteiger partial charge < -0.3 is 10.3 Å². The molecule has 2 aromatic heterocycles. The molecule has 0 aromatic carbocycles. The minimum Gasteiger partial charge on any atom is -0.381 e. The van der Waals surface area contributed by atoms with E-state index in [-0.39, 0.29) is 28.3 Å². The Bertz CT molecular complexity index is 760. The van der Waals surface area contributed by atoms with Gasteiger partial charge in [-0.2, -0.15) is 5.26 Å². The van der Waals surface area contributed by atoms with E-state index in [0.29, 0.717) is 11.3 Å². The molecule has 7 heteroatoms. The van der Waals surface area contributed by atoms with Crippen LogP contribution in [0, 0.1) is 11.3 Å². The van der Waals surface area contributed by atoms with Crippen molar-refractivity contribution in [2.24, 2.45) is 0 Å². The third-order valence-electron chi connectivity index (χ3n) is 2.75. The van der Waals surface area contributed by atoms with Gasteiger partial charge in [-0.15, -0.1) is 0 Å². The molecule has 0 radical (unpaired) electrons. The monoisotopic (exact) mass is 289 g/mol. The molecule has 0 atom stereocenters. The molecule has 0 bridgehead atoms. The maximum Gasteiger partial charge on any atom is 0.250 e. The van der Waals surface area contributed by atoms with E-state index in [2.05, 4.69) is 9.97 Å². The summed E-state index contributed by atoms with van der Waals surface area (Å²) in [5.41, 5.74) is 6.36. The van der Waals surface area contributed by atoms with Gasteiger partial charge >= 0.3 is 0 Å². The zero-order chi connectivity index (χ0) is 14.9. The van der Waals surface area contributed by atoms with Gasteiger partial charge in [0.1, 0.15) is 11.8 Å². The van der Waals surface area contributed by atoms with Crippen LogP contribution in [-0.2, 0) is 0 Å². The molecule has 0 saturated carbocycles. The molecule has 0 spiro atoms. The predicted octanol–water partition coefficient (Wildman–Crippen LogP) is 1.99. The summed E-state index contributed by atoms with van der Waals surface area (Å²) in [6.07, 6.45) is 1.64. The Morgan fingerprint density at radius 1 is 1.40 bits per heavy atom. The summed E-state index contributed by atoms with van der Waals surface area (Å²) >= 11 is 6.01. The van der Waals surface area contributed by atoms with Crippen LogP contribution in [0.25, 0.3) is 11.3 Å². The summed E-state index contributed by atoms with van der Waals surface area (Å²) in [6.45, 7) is 3.78. The van der Waals surface area contributed by atoms with Gasteiger partial charge in [-0.05, 0) is 19.9 Å². The Hall–Kier alpha value is -2.39. The largest absolute Gasteiger partial charge is 0.381 e. The van der Waals surface area contributed by atoms with Gasteiger partial charge in [0, 0.05) is 23.9 Å². The number of nitrogens with two attached hydrogens (primary N) is 1. The van der Waals surface area contributed by atoms with E-state index in [1.165, 1.54) is 6.07 Å². The van der Waals surface area contributed by atoms with Crippen molar-refractivity contribution in [3.63, 3.8) is 0 Å². The molecule has 2 rings (SSSR count). The number of pyridine rings is 1. The number of aromatic nitrogens is 3. The molecule has 0 unspecified atom stereocenters. The van der Waals surface area contributed by atoms with E-state index in [0.717, 1.165) is 0 Å². The number of hydrogen-bond donors (Lipinski definition) is 1. The fraction of sp³-hybridized carbons (Fsp3) is 0.231. The SMILES string of the molecule is CC(C)n1cc(-c2nc(C#N)c(N)nc2Cl)ccc1=O. The number of rotatable bonds is 2. The average Bonchev–Trinajstić information content (AvgIpc) is 2.39. The summed E-state index contributed by atoms with van der Waals surface area (Å²) in [5.74, 6) is -0.0153. The molecule has 6 nitrogen and oxygen atoms in total. The Morgan fingerprint density at radius 3 is 2.70 bits per heavy atom. The minimum atomic E-state index is -0.121. The molecule has 2 N–H and O–H groups in total. The second-order valence-electron chi connectivity index (χ2n) is 4.47. The third-order valence-corrected chi connectivity index (χ3v) is 3.02. The first-order valence-electron chi connectivity index (χ1n) is 5.89. The van der Waals surface area contributed by atoms with Crippen LogP contribution in [0.15, 0.2) is 23.1 Å². The molecule has 0 aliphatic heterocycles. The molecule has 0 fully saturated rings. The van der Waals surface area contributed by atoms with E-state index < -0.39 is 0 Å². The molecule has 102 valence electrons. The van der Waals surface area contributed by atoms with Crippen LogP contribution in [0.2, 0.25) is 5.15 Å². The second kappa shape index (κ2) is 5.31. The first kappa shape index (κ1) is 14.0. The molecule has 0 amide bonds. The maximum absolute atomic E-state index is 11.7. The van der Waals surface area contributed by atoms with Gasteiger partial charge in [-0.25, -0.2) is 9.97 Å². The van der Waals surface area contributed by atoms with Crippen molar-refractivity contribution in [1.29, 1.82) is 5.26 Å². The summed E-state index contributed by atoms with van der Waals surface area (Å²) < 4.78 is 1.55. The highest BCUT2D eigenvalue weighted by Gasteiger charge is 2.13. The van der Waals surface area contributed by atoms with E-state index in [4.69, 9.17) is 22.6 Å². The quantitative estimate of drug-likeness (QED) is 0.911. The molecule has 0 saturated heterocycles. The van der Waals surface area contributed by atoms with Crippen LogP contribution in [0.3, 0.4) is 0 Å². The number of nitriles is 1. The zero-order valence-corrected chi connectivity index (χ0v) is 11.7. The van der Waals surface area contributed by atoms with Crippen LogP contribution in [-0.4, -0.2) is 14.5 Å². The van der Waals surface area contributed by atoms with Crippen LogP contribution in [0.4, 0.5) is 5.82 Å². The highest BCUT2D eigenvalue weighted by Crippen LogP contribution is 2.25. The molecule has 0 aliphatic carbocycles. The highest BCUT2D eigenvalue weighted by atomic mass is 35.5. The number of anilines is 1. The van der Waals surface area contributed by atoms with Crippen molar-refractivity contribution in [3.05, 3.63) is 39.5 Å². The Morgan fingerprint density at radius 2 is 2.10 bits per heavy atom. The van der Waals surface area contributed by atoms with Crippen LogP contribution < -0.4 is 11.3 Å². The van der Waals surface area contributed by atoms with Gasteiger partial charge in [0.15, 0.2) is 16.7 Å². The standard InChI is InChI=1S/C13H12ClN5O/c1-7(2)19-6-8(3-4-10(19)20)11-12(14)18-13(16)9(5-15)17-11/h3-4,6-7H,1-2H3,(H2,16,18). The lowest BCUT2D eigenvalue weighted by atomic mass is 10.2. The Kier molecular flexibility index (Phi) is 3.72. The topological polar surface area (TPSA) is 97.6 Å². The number of halogens is 1. The summed E-state index contributed by atoms with van der Waals surface area (Å²) in [5, 5.41) is 9.03. The first-order chi connectivity index (χ1) is 9.43. The molecule has 0 aliphatic rings. The zero-order valence-electron chi connectivity index (χ0n) is 11.0. The predicted molar refractivity (Wildman–Crippen MR) is 76.3 cm³/mol.